The molecule has 1 spiro atoms. The van der Waals surface area contributed by atoms with Gasteiger partial charge in [0.15, 0.2) is 0 Å². The van der Waals surface area contributed by atoms with Crippen LogP contribution in [-0.2, 0) is 14.4 Å². The van der Waals surface area contributed by atoms with Crippen LogP contribution in [0.3, 0.4) is 0 Å². The van der Waals surface area contributed by atoms with Crippen LogP contribution in [0.2, 0.25) is 0 Å². The van der Waals surface area contributed by atoms with Gasteiger partial charge in [-0.3, -0.25) is 14.4 Å². The van der Waals surface area contributed by atoms with Crippen LogP contribution in [-0.4, -0.2) is 91.4 Å². The Bertz CT molecular complexity index is 941. The molecule has 2 fully saturated rings. The van der Waals surface area contributed by atoms with Gasteiger partial charge in [-0.1, -0.05) is 38.2 Å². The molecule has 4 aliphatic rings. The van der Waals surface area contributed by atoms with Crippen LogP contribution in [0.5, 0.6) is 0 Å². The molecule has 2 saturated heterocycles. The summed E-state index contributed by atoms with van der Waals surface area (Å²) in [5.74, 6) is -1.34. The molecule has 0 bridgehead atoms. The van der Waals surface area contributed by atoms with Gasteiger partial charge in [0, 0.05) is 30.4 Å². The van der Waals surface area contributed by atoms with Crippen molar-refractivity contribution in [2.45, 2.75) is 75.1 Å². The minimum atomic E-state index is -0.865. The van der Waals surface area contributed by atoms with Crippen molar-refractivity contribution in [3.63, 3.8) is 0 Å². The van der Waals surface area contributed by atoms with E-state index in [4.69, 9.17) is 0 Å². The lowest BCUT2D eigenvalue weighted by Crippen LogP contribution is -2.59. The molecule has 1 unspecified atom stereocenters. The summed E-state index contributed by atoms with van der Waals surface area (Å²) >= 11 is 1.59. The van der Waals surface area contributed by atoms with Crippen molar-refractivity contribution < 1.29 is 19.5 Å². The highest BCUT2D eigenvalue weighted by Gasteiger charge is 2.74. The lowest BCUT2D eigenvalue weighted by atomic mass is 9.74. The average molecular weight is 490 g/mol. The molecule has 4 aliphatic heterocycles. The maximum atomic E-state index is 14.3. The number of likely N-dealkylation sites (N-methyl/N-ethyl adjacent to an activating group) is 1. The minimum Gasteiger partial charge on any atom is -0.394 e. The van der Waals surface area contributed by atoms with Crippen LogP contribution >= 0.6 is 11.8 Å². The Morgan fingerprint density at radius 3 is 2.29 bits per heavy atom. The Hall–Kier alpha value is -1.80. The monoisotopic (exact) mass is 489 g/mol. The Balaban J connectivity index is 1.92. The first-order valence-electron chi connectivity index (χ1n) is 12.3. The lowest BCUT2D eigenvalue weighted by Gasteiger charge is -2.43. The molecule has 0 saturated carbocycles. The summed E-state index contributed by atoms with van der Waals surface area (Å²) in [6, 6.07) is -1.24. The first-order chi connectivity index (χ1) is 15.8. The van der Waals surface area contributed by atoms with E-state index in [0.29, 0.717) is 19.5 Å². The maximum absolute atomic E-state index is 14.3. The van der Waals surface area contributed by atoms with Gasteiger partial charge in [-0.2, -0.15) is 0 Å². The van der Waals surface area contributed by atoms with Crippen molar-refractivity contribution in [3.05, 3.63) is 24.3 Å². The second-order valence-corrected chi connectivity index (χ2v) is 13.6. The van der Waals surface area contributed by atoms with Gasteiger partial charge in [0.25, 0.3) is 0 Å². The molecule has 0 radical (unpaired) electrons. The summed E-state index contributed by atoms with van der Waals surface area (Å²) in [4.78, 5) is 47.4. The summed E-state index contributed by atoms with van der Waals surface area (Å²) < 4.78 is -1.46. The van der Waals surface area contributed by atoms with Gasteiger partial charge in [-0.15, -0.1) is 11.8 Å². The largest absolute Gasteiger partial charge is 0.394 e. The molecule has 0 aromatic heterocycles. The number of rotatable bonds is 4. The molecule has 8 heteroatoms. The van der Waals surface area contributed by atoms with Crippen molar-refractivity contribution in [1.82, 2.24) is 14.7 Å². The summed E-state index contributed by atoms with van der Waals surface area (Å²) in [6.45, 7) is 12.9. The standard InChI is InChI=1S/C26H39N3O4S/c1-16(2)14-17(15-30)29-20-23(33)28(24(3,4)5)13-9-11-26(20)19(22(29)32)18-21(31)27(7)12-8-10-25(18,6)34-26/h8-11,16-20,30H,12-15H2,1-7H3/t17-,18-,19+,20?,25+,26+/m1/s1. The third-order valence-corrected chi connectivity index (χ3v) is 9.65. The molecule has 1 N–H and O–H groups in total. The predicted molar refractivity (Wildman–Crippen MR) is 134 cm³/mol. The molecule has 7 nitrogen and oxygen atoms in total. The van der Waals surface area contributed by atoms with Gasteiger partial charge < -0.3 is 19.8 Å². The number of hydrogen-bond donors (Lipinski definition) is 1. The zero-order valence-corrected chi connectivity index (χ0v) is 22.3. The van der Waals surface area contributed by atoms with Crippen molar-refractivity contribution in [2.24, 2.45) is 17.8 Å². The maximum Gasteiger partial charge on any atom is 0.247 e. The van der Waals surface area contributed by atoms with Crippen LogP contribution in [0, 0.1) is 17.8 Å². The van der Waals surface area contributed by atoms with Crippen LogP contribution in [0.25, 0.3) is 0 Å². The zero-order valence-electron chi connectivity index (χ0n) is 21.4. The number of aliphatic hydroxyl groups excluding tert-OH is 1. The summed E-state index contributed by atoms with van der Waals surface area (Å²) in [7, 11) is 1.77. The van der Waals surface area contributed by atoms with Gasteiger partial charge >= 0.3 is 0 Å². The third kappa shape index (κ3) is 3.63. The predicted octanol–water partition coefficient (Wildman–Crippen LogP) is 2.31. The van der Waals surface area contributed by atoms with Crippen LogP contribution in [0.15, 0.2) is 24.3 Å². The Morgan fingerprint density at radius 1 is 1.06 bits per heavy atom. The Kier molecular flexibility index (Phi) is 6.25. The van der Waals surface area contributed by atoms with E-state index in [9.17, 15) is 19.5 Å². The van der Waals surface area contributed by atoms with Gasteiger partial charge in [-0.05, 0) is 40.0 Å². The SMILES string of the molecule is CC(C)C[C@H](CO)N1C(=O)[C@@H]2[C@@H]3C(=O)N(C)CC=C[C@]3(C)S[C@@]23C=CCN(C(C)(C)C)C(=O)C13. The molecular weight excluding hydrogens is 450 g/mol. The van der Waals surface area contributed by atoms with E-state index in [0.717, 1.165) is 0 Å². The van der Waals surface area contributed by atoms with E-state index in [-0.39, 0.29) is 30.2 Å². The number of hydrogen-bond acceptors (Lipinski definition) is 5. The van der Waals surface area contributed by atoms with Gasteiger partial charge in [0.2, 0.25) is 17.7 Å². The quantitative estimate of drug-likeness (QED) is 0.613. The highest BCUT2D eigenvalue weighted by molar-refractivity contribution is 8.02. The topological polar surface area (TPSA) is 81.2 Å². The summed E-state index contributed by atoms with van der Waals surface area (Å²) in [5.41, 5.74) is -0.431. The zero-order chi connectivity index (χ0) is 25.2. The van der Waals surface area contributed by atoms with Crippen molar-refractivity contribution >= 4 is 29.5 Å². The molecule has 0 aromatic carbocycles. The molecule has 188 valence electrons. The fourth-order valence-corrected chi connectivity index (χ4v) is 8.54. The van der Waals surface area contributed by atoms with Crippen molar-refractivity contribution in [3.8, 4) is 0 Å². The number of carbonyl (C=O) groups excluding carboxylic acids is 3. The number of likely N-dealkylation sites (tertiary alicyclic amines) is 1. The minimum absolute atomic E-state index is 0.0574. The number of thioether (sulfide) groups is 1. The van der Waals surface area contributed by atoms with E-state index in [1.54, 1.807) is 28.6 Å². The summed E-state index contributed by atoms with van der Waals surface area (Å²) in [5, 5.41) is 10.4. The second-order valence-electron chi connectivity index (χ2n) is 11.9. The van der Waals surface area contributed by atoms with Crippen LogP contribution in [0.1, 0.15) is 48.0 Å². The van der Waals surface area contributed by atoms with Gasteiger partial charge in [-0.25, -0.2) is 0 Å². The van der Waals surface area contributed by atoms with Crippen molar-refractivity contribution in [1.29, 1.82) is 0 Å². The number of fused-ring (bicyclic) bond motifs is 2. The third-order valence-electron chi connectivity index (χ3n) is 7.85. The number of amides is 3. The average Bonchev–Trinajstić information content (AvgIpc) is 3.00. The molecular formula is C26H39N3O4S. The normalized spacial score (nSPS) is 36.6. The van der Waals surface area contributed by atoms with E-state index < -0.39 is 39.0 Å². The Morgan fingerprint density at radius 2 is 1.71 bits per heavy atom. The first kappa shape index (κ1) is 25.3. The highest BCUT2D eigenvalue weighted by Crippen LogP contribution is 2.66. The van der Waals surface area contributed by atoms with Crippen molar-refractivity contribution in [2.75, 3.05) is 26.7 Å². The van der Waals surface area contributed by atoms with E-state index in [1.807, 2.05) is 50.8 Å². The highest BCUT2D eigenvalue weighted by atomic mass is 32.2. The molecule has 0 aromatic rings. The van der Waals surface area contributed by atoms with E-state index >= 15 is 0 Å². The smallest absolute Gasteiger partial charge is 0.247 e. The Labute approximate surface area is 207 Å². The molecule has 4 heterocycles. The molecule has 6 atom stereocenters. The number of aliphatic hydroxyl groups is 1. The van der Waals surface area contributed by atoms with E-state index in [1.165, 1.54) is 0 Å². The van der Waals surface area contributed by atoms with Crippen LogP contribution in [0.4, 0.5) is 0 Å². The van der Waals surface area contributed by atoms with Crippen LogP contribution < -0.4 is 0 Å². The molecule has 4 rings (SSSR count). The van der Waals surface area contributed by atoms with E-state index in [2.05, 4.69) is 19.9 Å². The van der Waals surface area contributed by atoms with Gasteiger partial charge in [0.05, 0.1) is 29.2 Å². The van der Waals surface area contributed by atoms with Gasteiger partial charge in [0.1, 0.15) is 6.04 Å². The first-order valence-corrected chi connectivity index (χ1v) is 13.1. The lowest BCUT2D eigenvalue weighted by molar-refractivity contribution is -0.149. The fourth-order valence-electron chi connectivity index (χ4n) is 6.40. The summed E-state index contributed by atoms with van der Waals surface area (Å²) in [6.07, 6.45) is 8.70. The number of carbonyl (C=O) groups is 3. The molecule has 34 heavy (non-hydrogen) atoms. The second kappa shape index (κ2) is 8.40. The fraction of sp³-hybridized carbons (Fsp3) is 0.731. The molecule has 0 aliphatic carbocycles. The molecule has 3 amide bonds. The number of nitrogens with zero attached hydrogens (tertiary/aromatic N) is 3.